The van der Waals surface area contributed by atoms with Crippen molar-refractivity contribution in [2.24, 2.45) is 5.73 Å². The molecule has 0 spiro atoms. The Bertz CT molecular complexity index is 475. The molecule has 1 atom stereocenters. The molecule has 0 aliphatic rings. The van der Waals surface area contributed by atoms with Gasteiger partial charge in [0.15, 0.2) is 0 Å². The first-order valence-electron chi connectivity index (χ1n) is 6.05. The number of rotatable bonds is 7. The summed E-state index contributed by atoms with van der Waals surface area (Å²) in [5.41, 5.74) is 4.10. The normalized spacial score (nSPS) is 14.7. The van der Waals surface area contributed by atoms with E-state index in [-0.39, 0.29) is 18.5 Å². The largest absolute Gasteiger partial charge is 0.481 e. The highest BCUT2D eigenvalue weighted by Crippen LogP contribution is 2.28. The lowest BCUT2D eigenvalue weighted by molar-refractivity contribution is -0.175. The maximum Gasteiger partial charge on any atom is 0.411 e. The number of hydrogen-bond acceptors (Lipinski definition) is 3. The molecule has 4 nitrogen and oxygen atoms in total. The van der Waals surface area contributed by atoms with E-state index in [2.05, 4.69) is 4.74 Å². The van der Waals surface area contributed by atoms with Gasteiger partial charge in [0, 0.05) is 13.2 Å². The van der Waals surface area contributed by atoms with Gasteiger partial charge in [-0.1, -0.05) is 12.1 Å². The molecule has 3 N–H and O–H groups in total. The molecule has 0 fully saturated rings. The van der Waals surface area contributed by atoms with Gasteiger partial charge in [-0.05, 0) is 24.1 Å². The maximum absolute atomic E-state index is 12.9. The first-order valence-corrected chi connectivity index (χ1v) is 6.05. The molecule has 0 amide bonds. The molecular formula is C13H15F4NO3. The van der Waals surface area contributed by atoms with Gasteiger partial charge in [0.05, 0.1) is 0 Å². The minimum Gasteiger partial charge on any atom is -0.481 e. The monoisotopic (exact) mass is 309 g/mol. The standard InChI is InChI=1S/C13H15F4NO3/c14-10-3-1-9(2-4-10)12(7-18,11(19)20)5-6-21-8-13(15,16)17/h1-4H,5-8,18H2,(H,19,20). The van der Waals surface area contributed by atoms with Crippen LogP contribution in [0.3, 0.4) is 0 Å². The fourth-order valence-electron chi connectivity index (χ4n) is 1.89. The molecule has 0 saturated heterocycles. The first kappa shape index (κ1) is 17.4. The van der Waals surface area contributed by atoms with Crippen LogP contribution in [-0.2, 0) is 14.9 Å². The molecule has 1 rings (SSSR count). The Morgan fingerprint density at radius 2 is 1.81 bits per heavy atom. The molecule has 0 radical (unpaired) electrons. The summed E-state index contributed by atoms with van der Waals surface area (Å²) < 4.78 is 53.2. The van der Waals surface area contributed by atoms with Crippen LogP contribution in [0.5, 0.6) is 0 Å². The van der Waals surface area contributed by atoms with Gasteiger partial charge in [-0.2, -0.15) is 13.2 Å². The first-order chi connectivity index (χ1) is 9.71. The second kappa shape index (κ2) is 6.86. The van der Waals surface area contributed by atoms with Crippen molar-refractivity contribution >= 4 is 5.97 Å². The fourth-order valence-corrected chi connectivity index (χ4v) is 1.89. The van der Waals surface area contributed by atoms with Crippen molar-refractivity contribution in [2.45, 2.75) is 18.0 Å². The predicted octanol–water partition coefficient (Wildman–Crippen LogP) is 2.08. The smallest absolute Gasteiger partial charge is 0.411 e. The Morgan fingerprint density at radius 1 is 1.24 bits per heavy atom. The number of ether oxygens (including phenoxy) is 1. The highest BCUT2D eigenvalue weighted by molar-refractivity contribution is 5.81. The quantitative estimate of drug-likeness (QED) is 0.597. The minimum atomic E-state index is -4.48. The van der Waals surface area contributed by atoms with Gasteiger partial charge in [-0.3, -0.25) is 4.79 Å². The van der Waals surface area contributed by atoms with Gasteiger partial charge >= 0.3 is 12.1 Å². The molecule has 0 saturated carbocycles. The lowest BCUT2D eigenvalue weighted by Crippen LogP contribution is -2.44. The third-order valence-electron chi connectivity index (χ3n) is 3.09. The minimum absolute atomic E-state index is 0.217. The zero-order valence-electron chi connectivity index (χ0n) is 11.0. The number of alkyl halides is 3. The van der Waals surface area contributed by atoms with Crippen LogP contribution < -0.4 is 5.73 Å². The highest BCUT2D eigenvalue weighted by atomic mass is 19.4. The van der Waals surface area contributed by atoms with Crippen molar-refractivity contribution in [3.63, 3.8) is 0 Å². The average molecular weight is 309 g/mol. The summed E-state index contributed by atoms with van der Waals surface area (Å²) in [6, 6.07) is 4.64. The Hall–Kier alpha value is -1.67. The van der Waals surface area contributed by atoms with Crippen molar-refractivity contribution in [2.75, 3.05) is 19.8 Å². The summed E-state index contributed by atoms with van der Waals surface area (Å²) in [4.78, 5) is 11.5. The number of aliphatic carboxylic acids is 1. The molecule has 0 aromatic heterocycles. The number of carbonyl (C=O) groups is 1. The SMILES string of the molecule is NCC(CCOCC(F)(F)F)(C(=O)O)c1ccc(F)cc1. The summed E-state index contributed by atoms with van der Waals surface area (Å²) in [6.07, 6.45) is -4.73. The van der Waals surface area contributed by atoms with E-state index in [1.54, 1.807) is 0 Å². The van der Waals surface area contributed by atoms with Crippen molar-refractivity contribution in [1.29, 1.82) is 0 Å². The van der Waals surface area contributed by atoms with Crippen LogP contribution in [0.1, 0.15) is 12.0 Å². The van der Waals surface area contributed by atoms with Crippen LogP contribution >= 0.6 is 0 Å². The molecule has 8 heteroatoms. The molecular weight excluding hydrogens is 294 g/mol. The van der Waals surface area contributed by atoms with Gasteiger partial charge in [0.25, 0.3) is 0 Å². The van der Waals surface area contributed by atoms with E-state index in [0.717, 1.165) is 12.1 Å². The van der Waals surface area contributed by atoms with E-state index < -0.39 is 36.6 Å². The van der Waals surface area contributed by atoms with Crippen LogP contribution in [0.25, 0.3) is 0 Å². The average Bonchev–Trinajstić information content (AvgIpc) is 2.39. The third kappa shape index (κ3) is 4.68. The molecule has 21 heavy (non-hydrogen) atoms. The van der Waals surface area contributed by atoms with Gasteiger partial charge in [0.1, 0.15) is 17.8 Å². The van der Waals surface area contributed by atoms with Gasteiger partial charge < -0.3 is 15.6 Å². The number of carboxylic acid groups (broad SMARTS) is 1. The van der Waals surface area contributed by atoms with Crippen molar-refractivity contribution in [3.05, 3.63) is 35.6 Å². The second-order valence-electron chi connectivity index (χ2n) is 4.52. The van der Waals surface area contributed by atoms with Crippen LogP contribution in [0.4, 0.5) is 17.6 Å². The summed E-state index contributed by atoms with van der Waals surface area (Å²) >= 11 is 0. The maximum atomic E-state index is 12.9. The van der Waals surface area contributed by atoms with E-state index in [1.807, 2.05) is 0 Å². The highest BCUT2D eigenvalue weighted by Gasteiger charge is 2.39. The summed E-state index contributed by atoms with van der Waals surface area (Å²) in [7, 11) is 0. The summed E-state index contributed by atoms with van der Waals surface area (Å²) in [5.74, 6) is -1.85. The van der Waals surface area contributed by atoms with Crippen LogP contribution in [-0.4, -0.2) is 37.0 Å². The van der Waals surface area contributed by atoms with Crippen LogP contribution in [0.15, 0.2) is 24.3 Å². The van der Waals surface area contributed by atoms with E-state index in [4.69, 9.17) is 5.73 Å². The van der Waals surface area contributed by atoms with Gasteiger partial charge in [-0.15, -0.1) is 0 Å². The molecule has 0 aliphatic heterocycles. The van der Waals surface area contributed by atoms with Gasteiger partial charge in [0.2, 0.25) is 0 Å². The molecule has 1 aromatic rings. The Morgan fingerprint density at radius 3 is 2.24 bits per heavy atom. The zero-order valence-corrected chi connectivity index (χ0v) is 11.0. The lowest BCUT2D eigenvalue weighted by atomic mass is 9.78. The van der Waals surface area contributed by atoms with E-state index in [9.17, 15) is 27.5 Å². The molecule has 1 unspecified atom stereocenters. The molecule has 0 heterocycles. The van der Waals surface area contributed by atoms with Crippen molar-refractivity contribution in [3.8, 4) is 0 Å². The number of halogens is 4. The number of benzene rings is 1. The predicted molar refractivity (Wildman–Crippen MR) is 66.3 cm³/mol. The van der Waals surface area contributed by atoms with Gasteiger partial charge in [-0.25, -0.2) is 4.39 Å². The van der Waals surface area contributed by atoms with E-state index >= 15 is 0 Å². The number of carboxylic acids is 1. The van der Waals surface area contributed by atoms with Crippen molar-refractivity contribution in [1.82, 2.24) is 0 Å². The van der Waals surface area contributed by atoms with Crippen LogP contribution in [0.2, 0.25) is 0 Å². The summed E-state index contributed by atoms with van der Waals surface area (Å²) in [5, 5.41) is 9.35. The zero-order chi connectivity index (χ0) is 16.1. The van der Waals surface area contributed by atoms with E-state index in [0.29, 0.717) is 0 Å². The van der Waals surface area contributed by atoms with Crippen LogP contribution in [0, 0.1) is 5.82 Å². The lowest BCUT2D eigenvalue weighted by Gasteiger charge is -2.28. The molecule has 1 aromatic carbocycles. The summed E-state index contributed by atoms with van der Waals surface area (Å²) in [6.45, 7) is -2.24. The molecule has 118 valence electrons. The topological polar surface area (TPSA) is 72.5 Å². The van der Waals surface area contributed by atoms with E-state index in [1.165, 1.54) is 12.1 Å². The number of hydrogen-bond donors (Lipinski definition) is 2. The second-order valence-corrected chi connectivity index (χ2v) is 4.52. The fraction of sp³-hybridized carbons (Fsp3) is 0.462. The molecule has 0 aliphatic carbocycles. The Labute approximate surface area is 118 Å². The number of nitrogens with two attached hydrogens (primary N) is 1. The third-order valence-corrected chi connectivity index (χ3v) is 3.09. The Balaban J connectivity index is 2.84. The Kier molecular flexibility index (Phi) is 5.68. The van der Waals surface area contributed by atoms with Crippen molar-refractivity contribution < 1.29 is 32.2 Å². The molecule has 0 bridgehead atoms.